The number of rotatable bonds is 8. The minimum atomic E-state index is -0.624. The summed E-state index contributed by atoms with van der Waals surface area (Å²) in [7, 11) is 3.17. The van der Waals surface area contributed by atoms with Gasteiger partial charge in [-0.15, -0.1) is 0 Å². The summed E-state index contributed by atoms with van der Waals surface area (Å²) in [5.74, 6) is 1.31. The van der Waals surface area contributed by atoms with E-state index < -0.39 is 6.10 Å². The summed E-state index contributed by atoms with van der Waals surface area (Å²) >= 11 is 0. The standard InChI is InChI=1S/C16H24N2O5/c1-21-14-4-3-12(7-15(14)22-2)10-23-11-13(19)8-18-6-5-17-16(20)9-18/h3-4,7,13,19H,5-6,8-11H2,1-2H3,(H,17,20). The Bertz CT molecular complexity index is 523. The lowest BCUT2D eigenvalue weighted by atomic mass is 10.2. The Balaban J connectivity index is 1.74. The Hall–Kier alpha value is -1.83. The fraction of sp³-hybridized carbons (Fsp3) is 0.562. The van der Waals surface area contributed by atoms with E-state index in [-0.39, 0.29) is 12.5 Å². The zero-order valence-electron chi connectivity index (χ0n) is 13.6. The van der Waals surface area contributed by atoms with Crippen molar-refractivity contribution in [3.63, 3.8) is 0 Å². The number of carbonyl (C=O) groups excluding carboxylic acids is 1. The van der Waals surface area contributed by atoms with Crippen molar-refractivity contribution >= 4 is 5.91 Å². The van der Waals surface area contributed by atoms with Crippen molar-refractivity contribution in [3.8, 4) is 11.5 Å². The Morgan fingerprint density at radius 2 is 2.09 bits per heavy atom. The molecule has 128 valence electrons. The van der Waals surface area contributed by atoms with Crippen LogP contribution in [0.4, 0.5) is 0 Å². The van der Waals surface area contributed by atoms with Crippen LogP contribution in [0.25, 0.3) is 0 Å². The Kier molecular flexibility index (Phi) is 6.64. The first-order valence-electron chi connectivity index (χ1n) is 7.58. The predicted octanol–water partition coefficient (Wildman–Crippen LogP) is 0.0131. The van der Waals surface area contributed by atoms with Crippen LogP contribution >= 0.6 is 0 Å². The molecule has 1 fully saturated rings. The lowest BCUT2D eigenvalue weighted by Crippen LogP contribution is -2.50. The van der Waals surface area contributed by atoms with Crippen LogP contribution < -0.4 is 14.8 Å². The molecule has 0 bridgehead atoms. The minimum absolute atomic E-state index is 0.00491. The largest absolute Gasteiger partial charge is 0.493 e. The number of hydrogen-bond donors (Lipinski definition) is 2. The maximum Gasteiger partial charge on any atom is 0.234 e. The molecule has 1 saturated heterocycles. The summed E-state index contributed by atoms with van der Waals surface area (Å²) in [5.41, 5.74) is 0.937. The number of β-amino-alcohol motifs (C(OH)–C–C–N with tert-alkyl or cyclic N) is 1. The zero-order valence-corrected chi connectivity index (χ0v) is 13.6. The number of aliphatic hydroxyl groups excluding tert-OH is 1. The molecule has 2 rings (SSSR count). The van der Waals surface area contributed by atoms with E-state index in [2.05, 4.69) is 5.32 Å². The lowest BCUT2D eigenvalue weighted by molar-refractivity contribution is -0.124. The first-order chi connectivity index (χ1) is 11.1. The number of methoxy groups -OCH3 is 2. The summed E-state index contributed by atoms with van der Waals surface area (Å²) in [5, 5.41) is 12.8. The van der Waals surface area contributed by atoms with E-state index in [4.69, 9.17) is 14.2 Å². The summed E-state index contributed by atoms with van der Waals surface area (Å²) in [4.78, 5) is 13.2. The maximum atomic E-state index is 11.3. The lowest BCUT2D eigenvalue weighted by Gasteiger charge is -2.28. The summed E-state index contributed by atoms with van der Waals surface area (Å²) in [6, 6.07) is 5.56. The second-order valence-electron chi connectivity index (χ2n) is 5.44. The van der Waals surface area contributed by atoms with Crippen LogP contribution in [0.15, 0.2) is 18.2 Å². The van der Waals surface area contributed by atoms with E-state index in [0.29, 0.717) is 37.7 Å². The van der Waals surface area contributed by atoms with Gasteiger partial charge < -0.3 is 24.6 Å². The number of nitrogens with zero attached hydrogens (tertiary/aromatic N) is 1. The van der Waals surface area contributed by atoms with Crippen molar-refractivity contribution in [2.24, 2.45) is 0 Å². The van der Waals surface area contributed by atoms with E-state index in [9.17, 15) is 9.90 Å². The average molecular weight is 324 g/mol. The van der Waals surface area contributed by atoms with Gasteiger partial charge in [0.15, 0.2) is 11.5 Å². The molecule has 7 nitrogen and oxygen atoms in total. The summed E-state index contributed by atoms with van der Waals surface area (Å²) in [6.07, 6.45) is -0.624. The van der Waals surface area contributed by atoms with Gasteiger partial charge in [-0.05, 0) is 17.7 Å². The second-order valence-corrected chi connectivity index (χ2v) is 5.44. The van der Waals surface area contributed by atoms with Gasteiger partial charge in [-0.1, -0.05) is 6.07 Å². The average Bonchev–Trinajstić information content (AvgIpc) is 2.54. The quantitative estimate of drug-likeness (QED) is 0.701. The number of hydrogen-bond acceptors (Lipinski definition) is 6. The second kappa shape index (κ2) is 8.71. The van der Waals surface area contributed by atoms with Gasteiger partial charge in [-0.25, -0.2) is 0 Å². The number of carbonyl (C=O) groups is 1. The predicted molar refractivity (Wildman–Crippen MR) is 84.7 cm³/mol. The molecule has 0 aromatic heterocycles. The van der Waals surface area contributed by atoms with Gasteiger partial charge in [0.25, 0.3) is 0 Å². The SMILES string of the molecule is COc1ccc(COCC(O)CN2CCNC(=O)C2)cc1OC. The van der Waals surface area contributed by atoms with Gasteiger partial charge in [-0.2, -0.15) is 0 Å². The van der Waals surface area contributed by atoms with Crippen molar-refractivity contribution in [2.45, 2.75) is 12.7 Å². The molecule has 1 unspecified atom stereocenters. The molecule has 2 N–H and O–H groups in total. The molecular formula is C16H24N2O5. The van der Waals surface area contributed by atoms with E-state index in [1.807, 2.05) is 23.1 Å². The van der Waals surface area contributed by atoms with Crippen LogP contribution in [0.3, 0.4) is 0 Å². The van der Waals surface area contributed by atoms with Gasteiger partial charge in [0.2, 0.25) is 5.91 Å². The van der Waals surface area contributed by atoms with E-state index in [1.165, 1.54) is 0 Å². The van der Waals surface area contributed by atoms with Gasteiger partial charge in [0, 0.05) is 19.6 Å². The highest BCUT2D eigenvalue weighted by Crippen LogP contribution is 2.27. The van der Waals surface area contributed by atoms with E-state index >= 15 is 0 Å². The first kappa shape index (κ1) is 17.5. The fourth-order valence-corrected chi connectivity index (χ4v) is 2.48. The van der Waals surface area contributed by atoms with Gasteiger partial charge in [0.1, 0.15) is 0 Å². The van der Waals surface area contributed by atoms with Crippen molar-refractivity contribution in [2.75, 3.05) is 47.0 Å². The topological polar surface area (TPSA) is 80.3 Å². The van der Waals surface area contributed by atoms with Crippen LogP contribution in [0.1, 0.15) is 5.56 Å². The number of benzene rings is 1. The molecule has 1 heterocycles. The molecule has 1 aromatic rings. The van der Waals surface area contributed by atoms with Crippen LogP contribution in [0.5, 0.6) is 11.5 Å². The highest BCUT2D eigenvalue weighted by Gasteiger charge is 2.18. The number of nitrogens with one attached hydrogen (secondary N) is 1. The van der Waals surface area contributed by atoms with Crippen molar-refractivity contribution in [3.05, 3.63) is 23.8 Å². The third-order valence-electron chi connectivity index (χ3n) is 3.61. The van der Waals surface area contributed by atoms with Gasteiger partial charge in [0.05, 0.1) is 40.1 Å². The molecule has 1 aliphatic rings. The molecule has 0 spiro atoms. The van der Waals surface area contributed by atoms with Crippen molar-refractivity contribution < 1.29 is 24.1 Å². The number of amides is 1. The van der Waals surface area contributed by atoms with Crippen molar-refractivity contribution in [1.82, 2.24) is 10.2 Å². The monoisotopic (exact) mass is 324 g/mol. The summed E-state index contributed by atoms with van der Waals surface area (Å²) in [6.45, 7) is 2.72. The molecule has 7 heteroatoms. The van der Waals surface area contributed by atoms with Gasteiger partial charge in [-0.3, -0.25) is 9.69 Å². The molecule has 0 aliphatic carbocycles. The molecule has 0 saturated carbocycles. The smallest absolute Gasteiger partial charge is 0.234 e. The van der Waals surface area contributed by atoms with Crippen molar-refractivity contribution in [1.29, 1.82) is 0 Å². The number of piperazine rings is 1. The molecule has 23 heavy (non-hydrogen) atoms. The zero-order chi connectivity index (χ0) is 16.7. The first-order valence-corrected chi connectivity index (χ1v) is 7.58. The fourth-order valence-electron chi connectivity index (χ4n) is 2.48. The third kappa shape index (κ3) is 5.38. The van der Waals surface area contributed by atoms with Gasteiger partial charge >= 0.3 is 0 Å². The number of aliphatic hydroxyl groups is 1. The minimum Gasteiger partial charge on any atom is -0.493 e. The van der Waals surface area contributed by atoms with Crippen LogP contribution in [0, 0.1) is 0 Å². The normalized spacial score (nSPS) is 16.7. The van der Waals surface area contributed by atoms with E-state index in [1.54, 1.807) is 14.2 Å². The molecule has 1 atom stereocenters. The summed E-state index contributed by atoms with van der Waals surface area (Å²) < 4.78 is 16.0. The molecular weight excluding hydrogens is 300 g/mol. The van der Waals surface area contributed by atoms with E-state index in [0.717, 1.165) is 12.1 Å². The Labute approximate surface area is 136 Å². The molecule has 1 aliphatic heterocycles. The maximum absolute atomic E-state index is 11.3. The van der Waals surface area contributed by atoms with Crippen LogP contribution in [0.2, 0.25) is 0 Å². The van der Waals surface area contributed by atoms with Crippen LogP contribution in [-0.2, 0) is 16.1 Å². The highest BCUT2D eigenvalue weighted by atomic mass is 16.5. The Morgan fingerprint density at radius 1 is 1.30 bits per heavy atom. The molecule has 0 radical (unpaired) electrons. The highest BCUT2D eigenvalue weighted by molar-refractivity contribution is 5.78. The molecule has 1 amide bonds. The Morgan fingerprint density at radius 3 is 2.78 bits per heavy atom. The number of ether oxygens (including phenoxy) is 3. The van der Waals surface area contributed by atoms with Crippen LogP contribution in [-0.4, -0.2) is 69.0 Å². The molecule has 1 aromatic carbocycles. The third-order valence-corrected chi connectivity index (χ3v) is 3.61.